The summed E-state index contributed by atoms with van der Waals surface area (Å²) >= 11 is 1.48. The summed E-state index contributed by atoms with van der Waals surface area (Å²) in [6.45, 7) is 1.63. The number of nitrogens with one attached hydrogen (secondary N) is 1. The zero-order valence-electron chi connectivity index (χ0n) is 19.6. The molecule has 0 radical (unpaired) electrons. The minimum Gasteiger partial charge on any atom is -0.484 e. The van der Waals surface area contributed by atoms with Gasteiger partial charge in [-0.25, -0.2) is 0 Å². The molecule has 0 aliphatic carbocycles. The van der Waals surface area contributed by atoms with Crippen LogP contribution in [0.25, 0.3) is 0 Å². The van der Waals surface area contributed by atoms with Gasteiger partial charge >= 0.3 is 0 Å². The monoisotopic (exact) mass is 498 g/mol. The zero-order chi connectivity index (χ0) is 24.9. The zero-order valence-corrected chi connectivity index (χ0v) is 20.4. The number of primary amides is 1. The number of nitrogens with two attached hydrogens (primary N) is 1. The number of thioether (sulfide) groups is 1. The Labute approximate surface area is 208 Å². The number of carbonyl (C=O) groups is 3. The molecular formula is C25H30N4O5S. The minimum atomic E-state index is -0.565. The number of likely N-dealkylation sites (tertiary alicyclic amines) is 1. The van der Waals surface area contributed by atoms with E-state index in [0.717, 1.165) is 28.3 Å². The SMILES string of the molecule is CN(C(=O)Cc1ccc2c(c1)NC(=O)CS2)[C@H](CN1CCC(O)C1)c1cccc(OCC(N)=O)c1. The molecule has 4 rings (SSSR count). The Hall–Kier alpha value is -3.08. The van der Waals surface area contributed by atoms with Gasteiger partial charge in [-0.05, 0) is 41.8 Å². The molecule has 35 heavy (non-hydrogen) atoms. The molecular weight excluding hydrogens is 468 g/mol. The van der Waals surface area contributed by atoms with Gasteiger partial charge in [-0.15, -0.1) is 11.8 Å². The predicted molar refractivity (Wildman–Crippen MR) is 133 cm³/mol. The first-order chi connectivity index (χ1) is 16.8. The standard InChI is InChI=1S/C25H30N4O5S/c1-28(25(33)10-16-5-6-22-20(9-16)27-24(32)15-35-22)21(13-29-8-7-18(30)12-29)17-3-2-4-19(11-17)34-14-23(26)31/h2-6,9,11,18,21,30H,7-8,10,12-15H2,1H3,(H2,26,31)(H,27,32)/t18?,21-/m1/s1. The van der Waals surface area contributed by atoms with Crippen LogP contribution in [0, 0.1) is 0 Å². The summed E-state index contributed by atoms with van der Waals surface area (Å²) < 4.78 is 5.47. The van der Waals surface area contributed by atoms with E-state index in [1.54, 1.807) is 18.0 Å². The quantitative estimate of drug-likeness (QED) is 0.477. The number of fused-ring (bicyclic) bond motifs is 1. The van der Waals surface area contributed by atoms with Crippen molar-refractivity contribution in [1.29, 1.82) is 0 Å². The van der Waals surface area contributed by atoms with E-state index in [1.165, 1.54) is 11.8 Å². The Morgan fingerprint density at radius 1 is 1.31 bits per heavy atom. The summed E-state index contributed by atoms with van der Waals surface area (Å²) in [6.07, 6.45) is 0.511. The predicted octanol–water partition coefficient (Wildman–Crippen LogP) is 1.40. The van der Waals surface area contributed by atoms with Crippen LogP contribution in [0.15, 0.2) is 47.4 Å². The van der Waals surface area contributed by atoms with E-state index in [1.807, 2.05) is 36.4 Å². The fraction of sp³-hybridized carbons (Fsp3) is 0.400. The Bertz CT molecular complexity index is 1110. The molecule has 2 aromatic rings. The average molecular weight is 499 g/mol. The Morgan fingerprint density at radius 2 is 2.14 bits per heavy atom. The number of hydrogen-bond acceptors (Lipinski definition) is 7. The second kappa shape index (κ2) is 11.1. The number of likely N-dealkylation sites (N-methyl/N-ethyl adjacent to an activating group) is 1. The largest absolute Gasteiger partial charge is 0.484 e. The molecule has 0 bridgehead atoms. The molecule has 10 heteroatoms. The van der Waals surface area contributed by atoms with Crippen molar-refractivity contribution in [3.8, 4) is 5.75 Å². The van der Waals surface area contributed by atoms with Crippen molar-refractivity contribution in [2.75, 3.05) is 44.4 Å². The molecule has 186 valence electrons. The molecule has 1 saturated heterocycles. The maximum absolute atomic E-state index is 13.4. The van der Waals surface area contributed by atoms with Gasteiger partial charge < -0.3 is 25.8 Å². The van der Waals surface area contributed by atoms with Crippen LogP contribution in [0.3, 0.4) is 0 Å². The number of aliphatic hydroxyl groups excluding tert-OH is 1. The number of hydrogen-bond donors (Lipinski definition) is 3. The topological polar surface area (TPSA) is 125 Å². The number of anilines is 1. The molecule has 0 aromatic heterocycles. The number of benzene rings is 2. The molecule has 1 fully saturated rings. The lowest BCUT2D eigenvalue weighted by atomic mass is 10.0. The van der Waals surface area contributed by atoms with Crippen molar-refractivity contribution < 1.29 is 24.2 Å². The van der Waals surface area contributed by atoms with Gasteiger partial charge in [0.05, 0.1) is 30.0 Å². The fourth-order valence-corrected chi connectivity index (χ4v) is 5.14. The average Bonchev–Trinajstić information content (AvgIpc) is 3.25. The highest BCUT2D eigenvalue weighted by Crippen LogP contribution is 2.32. The Balaban J connectivity index is 1.53. The van der Waals surface area contributed by atoms with Crippen molar-refractivity contribution in [2.24, 2.45) is 5.73 Å². The van der Waals surface area contributed by atoms with E-state index in [2.05, 4.69) is 10.2 Å². The van der Waals surface area contributed by atoms with Gasteiger partial charge in [-0.1, -0.05) is 18.2 Å². The molecule has 2 aliphatic heterocycles. The lowest BCUT2D eigenvalue weighted by Crippen LogP contribution is -2.39. The highest BCUT2D eigenvalue weighted by molar-refractivity contribution is 8.00. The van der Waals surface area contributed by atoms with Crippen LogP contribution in [0.2, 0.25) is 0 Å². The third-order valence-electron chi connectivity index (χ3n) is 6.20. The number of β-amino-alcohol motifs (C(OH)–C–C–N with tert-alkyl or cyclic N) is 1. The molecule has 2 aliphatic rings. The first-order valence-electron chi connectivity index (χ1n) is 11.5. The van der Waals surface area contributed by atoms with Crippen LogP contribution in [0.4, 0.5) is 5.69 Å². The minimum absolute atomic E-state index is 0.0469. The molecule has 0 saturated carbocycles. The third kappa shape index (κ3) is 6.53. The first kappa shape index (κ1) is 25.0. The van der Waals surface area contributed by atoms with Gasteiger partial charge in [0.15, 0.2) is 6.61 Å². The maximum Gasteiger partial charge on any atom is 0.255 e. The highest BCUT2D eigenvalue weighted by atomic mass is 32.2. The maximum atomic E-state index is 13.4. The molecule has 2 atom stereocenters. The van der Waals surface area contributed by atoms with Crippen LogP contribution >= 0.6 is 11.8 Å². The number of nitrogens with zero attached hydrogens (tertiary/aromatic N) is 2. The number of carbonyl (C=O) groups excluding carboxylic acids is 3. The van der Waals surface area contributed by atoms with Crippen molar-refractivity contribution in [2.45, 2.75) is 29.9 Å². The van der Waals surface area contributed by atoms with E-state index >= 15 is 0 Å². The fourth-order valence-electron chi connectivity index (χ4n) is 4.35. The summed E-state index contributed by atoms with van der Waals surface area (Å²) in [5.74, 6) is 0.201. The summed E-state index contributed by atoms with van der Waals surface area (Å²) in [5.41, 5.74) is 7.61. The van der Waals surface area contributed by atoms with Crippen LogP contribution in [-0.4, -0.2) is 77.8 Å². The summed E-state index contributed by atoms with van der Waals surface area (Å²) in [7, 11) is 1.77. The Morgan fingerprint density at radius 3 is 2.89 bits per heavy atom. The second-order valence-electron chi connectivity index (χ2n) is 8.89. The van der Waals surface area contributed by atoms with Crippen LogP contribution in [-0.2, 0) is 20.8 Å². The lowest BCUT2D eigenvalue weighted by Gasteiger charge is -2.32. The van der Waals surface area contributed by atoms with Crippen molar-refractivity contribution in [3.63, 3.8) is 0 Å². The number of ether oxygens (including phenoxy) is 1. The molecule has 1 unspecified atom stereocenters. The van der Waals surface area contributed by atoms with Crippen LogP contribution in [0.5, 0.6) is 5.75 Å². The van der Waals surface area contributed by atoms with Gasteiger partial charge in [-0.3, -0.25) is 19.3 Å². The van der Waals surface area contributed by atoms with Crippen molar-refractivity contribution >= 4 is 35.2 Å². The number of aliphatic hydroxyl groups is 1. The third-order valence-corrected chi connectivity index (χ3v) is 7.27. The van der Waals surface area contributed by atoms with Crippen LogP contribution in [0.1, 0.15) is 23.6 Å². The molecule has 0 spiro atoms. The summed E-state index contributed by atoms with van der Waals surface area (Å²) in [6, 6.07) is 12.7. The highest BCUT2D eigenvalue weighted by Gasteiger charge is 2.28. The molecule has 2 heterocycles. The van der Waals surface area contributed by atoms with Gasteiger partial charge in [0, 0.05) is 31.6 Å². The summed E-state index contributed by atoms with van der Waals surface area (Å²) in [4.78, 5) is 41.1. The van der Waals surface area contributed by atoms with Gasteiger partial charge in [0.25, 0.3) is 5.91 Å². The molecule has 4 N–H and O–H groups in total. The van der Waals surface area contributed by atoms with Crippen molar-refractivity contribution in [3.05, 3.63) is 53.6 Å². The summed E-state index contributed by atoms with van der Waals surface area (Å²) in [5, 5.41) is 12.9. The van der Waals surface area contributed by atoms with E-state index in [-0.39, 0.29) is 37.0 Å². The number of rotatable bonds is 9. The first-order valence-corrected chi connectivity index (χ1v) is 12.5. The van der Waals surface area contributed by atoms with Gasteiger partial charge in [0.2, 0.25) is 11.8 Å². The van der Waals surface area contributed by atoms with E-state index < -0.39 is 5.91 Å². The van der Waals surface area contributed by atoms with E-state index in [0.29, 0.717) is 31.0 Å². The van der Waals surface area contributed by atoms with E-state index in [9.17, 15) is 19.5 Å². The normalized spacial score (nSPS) is 18.5. The van der Waals surface area contributed by atoms with Gasteiger partial charge in [0.1, 0.15) is 5.75 Å². The smallest absolute Gasteiger partial charge is 0.255 e. The number of amides is 3. The molecule has 2 aromatic carbocycles. The van der Waals surface area contributed by atoms with Crippen LogP contribution < -0.4 is 15.8 Å². The second-order valence-corrected chi connectivity index (χ2v) is 9.91. The Kier molecular flexibility index (Phi) is 7.94. The lowest BCUT2D eigenvalue weighted by molar-refractivity contribution is -0.131. The molecule has 3 amide bonds. The molecule has 9 nitrogen and oxygen atoms in total. The van der Waals surface area contributed by atoms with Crippen molar-refractivity contribution in [1.82, 2.24) is 9.80 Å². The van der Waals surface area contributed by atoms with E-state index in [4.69, 9.17) is 10.5 Å². The van der Waals surface area contributed by atoms with Gasteiger partial charge in [-0.2, -0.15) is 0 Å².